The van der Waals surface area contributed by atoms with Crippen molar-refractivity contribution in [2.24, 2.45) is 0 Å². The van der Waals surface area contributed by atoms with Crippen molar-refractivity contribution in [2.75, 3.05) is 31.6 Å². The molecule has 6 nitrogen and oxygen atoms in total. The first kappa shape index (κ1) is 16.0. The molecule has 1 N–H and O–H groups in total. The van der Waals surface area contributed by atoms with E-state index < -0.39 is 0 Å². The highest BCUT2D eigenvalue weighted by Gasteiger charge is 2.19. The minimum Gasteiger partial charge on any atom is -0.378 e. The average molecular weight is 353 g/mol. The van der Waals surface area contributed by atoms with Crippen molar-refractivity contribution >= 4 is 40.6 Å². The molecule has 1 aromatic carbocycles. The lowest BCUT2D eigenvalue weighted by Gasteiger charge is -2.26. The molecule has 0 unspecified atom stereocenters. The van der Waals surface area contributed by atoms with Gasteiger partial charge in [-0.3, -0.25) is 4.79 Å². The molecule has 1 aromatic heterocycles. The van der Waals surface area contributed by atoms with Gasteiger partial charge in [-0.1, -0.05) is 23.2 Å². The fourth-order valence-corrected chi connectivity index (χ4v) is 2.62. The summed E-state index contributed by atoms with van der Waals surface area (Å²) in [6, 6.07) is 5.11. The summed E-state index contributed by atoms with van der Waals surface area (Å²) >= 11 is 12.0. The van der Waals surface area contributed by atoms with Crippen molar-refractivity contribution in [2.45, 2.75) is 0 Å². The van der Waals surface area contributed by atoms with Crippen LogP contribution < -0.4 is 5.32 Å². The molecule has 3 rings (SSSR count). The lowest BCUT2D eigenvalue weighted by atomic mass is 10.3. The van der Waals surface area contributed by atoms with Gasteiger partial charge in [-0.15, -0.1) is 0 Å². The van der Waals surface area contributed by atoms with E-state index in [1.807, 2.05) is 0 Å². The SMILES string of the molecule is O=C(c1cnc(Nc2ccc(Cl)cc2Cl)cn1)N1CCOCC1. The van der Waals surface area contributed by atoms with Gasteiger partial charge in [-0.2, -0.15) is 0 Å². The molecule has 1 amide bonds. The van der Waals surface area contributed by atoms with Crippen LogP contribution in [0.15, 0.2) is 30.6 Å². The number of amides is 1. The van der Waals surface area contributed by atoms with Crippen LogP contribution in [0.3, 0.4) is 0 Å². The Bertz CT molecular complexity index is 703. The highest BCUT2D eigenvalue weighted by molar-refractivity contribution is 6.36. The number of halogens is 2. The molecular formula is C15H14Cl2N4O2. The van der Waals surface area contributed by atoms with E-state index in [0.717, 1.165) is 0 Å². The highest BCUT2D eigenvalue weighted by Crippen LogP contribution is 2.27. The first-order valence-electron chi connectivity index (χ1n) is 7.04. The average Bonchev–Trinajstić information content (AvgIpc) is 2.58. The summed E-state index contributed by atoms with van der Waals surface area (Å²) in [6.45, 7) is 2.24. The molecular weight excluding hydrogens is 339 g/mol. The Labute approximate surface area is 143 Å². The van der Waals surface area contributed by atoms with E-state index in [-0.39, 0.29) is 5.91 Å². The van der Waals surface area contributed by atoms with Crippen LogP contribution >= 0.6 is 23.2 Å². The zero-order chi connectivity index (χ0) is 16.2. The Kier molecular flexibility index (Phi) is 4.95. The summed E-state index contributed by atoms with van der Waals surface area (Å²) < 4.78 is 5.23. The van der Waals surface area contributed by atoms with Crippen molar-refractivity contribution in [3.8, 4) is 0 Å². The number of nitrogens with zero attached hydrogens (tertiary/aromatic N) is 3. The van der Waals surface area contributed by atoms with Crippen LogP contribution in [0.25, 0.3) is 0 Å². The van der Waals surface area contributed by atoms with E-state index in [2.05, 4.69) is 15.3 Å². The van der Waals surface area contributed by atoms with E-state index >= 15 is 0 Å². The number of hydrogen-bond donors (Lipinski definition) is 1. The number of carbonyl (C=O) groups excluding carboxylic acids is 1. The molecule has 23 heavy (non-hydrogen) atoms. The maximum absolute atomic E-state index is 12.3. The maximum Gasteiger partial charge on any atom is 0.274 e. The monoisotopic (exact) mass is 352 g/mol. The summed E-state index contributed by atoms with van der Waals surface area (Å²) in [5.41, 5.74) is 0.970. The zero-order valence-electron chi connectivity index (χ0n) is 12.1. The van der Waals surface area contributed by atoms with Gasteiger partial charge in [0.05, 0.1) is 36.3 Å². The molecule has 0 aliphatic carbocycles. The van der Waals surface area contributed by atoms with Gasteiger partial charge in [-0.25, -0.2) is 9.97 Å². The number of benzene rings is 1. The zero-order valence-corrected chi connectivity index (χ0v) is 13.6. The topological polar surface area (TPSA) is 67.4 Å². The predicted molar refractivity (Wildman–Crippen MR) is 88.5 cm³/mol. The number of rotatable bonds is 3. The van der Waals surface area contributed by atoms with Crippen LogP contribution in [-0.2, 0) is 4.74 Å². The van der Waals surface area contributed by atoms with Crippen LogP contribution in [-0.4, -0.2) is 47.1 Å². The van der Waals surface area contributed by atoms with Gasteiger partial charge >= 0.3 is 0 Å². The summed E-state index contributed by atoms with van der Waals surface area (Å²) in [5, 5.41) is 4.07. The highest BCUT2D eigenvalue weighted by atomic mass is 35.5. The fourth-order valence-electron chi connectivity index (χ4n) is 2.16. The summed E-state index contributed by atoms with van der Waals surface area (Å²) in [5.74, 6) is 0.352. The van der Waals surface area contributed by atoms with Crippen LogP contribution in [0.2, 0.25) is 10.0 Å². The normalized spacial score (nSPS) is 14.6. The molecule has 1 fully saturated rings. The number of aromatic nitrogens is 2. The second-order valence-corrected chi connectivity index (χ2v) is 5.78. The van der Waals surface area contributed by atoms with E-state index in [1.54, 1.807) is 23.1 Å². The smallest absolute Gasteiger partial charge is 0.274 e. The van der Waals surface area contributed by atoms with Crippen LogP contribution in [0.5, 0.6) is 0 Å². The molecule has 0 radical (unpaired) electrons. The van der Waals surface area contributed by atoms with Crippen molar-refractivity contribution in [3.05, 3.63) is 46.3 Å². The summed E-state index contributed by atoms with van der Waals surface area (Å²) in [7, 11) is 0. The molecule has 1 saturated heterocycles. The molecule has 0 spiro atoms. The number of carbonyl (C=O) groups is 1. The molecule has 1 aliphatic rings. The summed E-state index contributed by atoms with van der Waals surface area (Å²) in [4.78, 5) is 22.4. The van der Waals surface area contributed by atoms with Crippen molar-refractivity contribution in [3.63, 3.8) is 0 Å². The molecule has 0 saturated carbocycles. The second-order valence-electron chi connectivity index (χ2n) is 4.94. The van der Waals surface area contributed by atoms with Gasteiger partial charge in [0.25, 0.3) is 5.91 Å². The third-order valence-corrected chi connectivity index (χ3v) is 3.91. The number of morpholine rings is 1. The number of nitrogens with one attached hydrogen (secondary N) is 1. The standard InChI is InChI=1S/C15H14Cl2N4O2/c16-10-1-2-12(11(17)7-10)20-14-9-18-13(8-19-14)15(22)21-3-5-23-6-4-21/h1-2,7-9H,3-6H2,(H,19,20). The molecule has 2 heterocycles. The first-order chi connectivity index (χ1) is 11.1. The minimum absolute atomic E-state index is 0.142. The Hall–Kier alpha value is -1.89. The molecule has 0 atom stereocenters. The van der Waals surface area contributed by atoms with Gasteiger partial charge in [0.2, 0.25) is 0 Å². The first-order valence-corrected chi connectivity index (χ1v) is 7.80. The quantitative estimate of drug-likeness (QED) is 0.919. The Balaban J connectivity index is 1.70. The van der Waals surface area contributed by atoms with Crippen LogP contribution in [0.4, 0.5) is 11.5 Å². The summed E-state index contributed by atoms with van der Waals surface area (Å²) in [6.07, 6.45) is 2.95. The number of anilines is 2. The largest absolute Gasteiger partial charge is 0.378 e. The van der Waals surface area contributed by atoms with Gasteiger partial charge < -0.3 is 15.0 Å². The Morgan fingerprint density at radius 2 is 1.96 bits per heavy atom. The van der Waals surface area contributed by atoms with E-state index in [9.17, 15) is 4.79 Å². The van der Waals surface area contributed by atoms with Crippen molar-refractivity contribution < 1.29 is 9.53 Å². The molecule has 0 bridgehead atoms. The predicted octanol–water partition coefficient (Wildman–Crippen LogP) is 3.00. The van der Waals surface area contributed by atoms with E-state index in [0.29, 0.717) is 53.5 Å². The van der Waals surface area contributed by atoms with Gasteiger partial charge in [0.1, 0.15) is 11.5 Å². The van der Waals surface area contributed by atoms with E-state index in [4.69, 9.17) is 27.9 Å². The molecule has 120 valence electrons. The van der Waals surface area contributed by atoms with Crippen LogP contribution in [0.1, 0.15) is 10.5 Å². The Morgan fingerprint density at radius 3 is 2.61 bits per heavy atom. The third-order valence-electron chi connectivity index (χ3n) is 3.36. The molecule has 2 aromatic rings. The maximum atomic E-state index is 12.3. The Morgan fingerprint density at radius 1 is 1.17 bits per heavy atom. The lowest BCUT2D eigenvalue weighted by Crippen LogP contribution is -2.41. The van der Waals surface area contributed by atoms with Crippen molar-refractivity contribution in [1.29, 1.82) is 0 Å². The van der Waals surface area contributed by atoms with Gasteiger partial charge in [0.15, 0.2) is 0 Å². The molecule has 8 heteroatoms. The second kappa shape index (κ2) is 7.12. The lowest BCUT2D eigenvalue weighted by molar-refractivity contribution is 0.0298. The van der Waals surface area contributed by atoms with Gasteiger partial charge in [-0.05, 0) is 18.2 Å². The van der Waals surface area contributed by atoms with E-state index in [1.165, 1.54) is 12.4 Å². The molecule has 1 aliphatic heterocycles. The van der Waals surface area contributed by atoms with Gasteiger partial charge in [0, 0.05) is 18.1 Å². The number of hydrogen-bond acceptors (Lipinski definition) is 5. The van der Waals surface area contributed by atoms with Crippen molar-refractivity contribution in [1.82, 2.24) is 14.9 Å². The number of ether oxygens (including phenoxy) is 1. The third kappa shape index (κ3) is 3.90. The minimum atomic E-state index is -0.142. The van der Waals surface area contributed by atoms with Crippen LogP contribution in [0, 0.1) is 0 Å². The fraction of sp³-hybridized carbons (Fsp3) is 0.267.